The normalized spacial score (nSPS) is 9.92. The first-order valence-electron chi connectivity index (χ1n) is 7.75. The largest absolute Gasteiger partial charge is 0.484 e. The second kappa shape index (κ2) is 9.88. The van der Waals surface area contributed by atoms with Gasteiger partial charge in [-0.15, -0.1) is 0 Å². The van der Waals surface area contributed by atoms with E-state index in [1.807, 2.05) is 49.4 Å². The monoisotopic (exact) mass is 435 g/mol. The number of thiocarbonyl (C=S) groups is 1. The van der Waals surface area contributed by atoms with Crippen LogP contribution in [0.3, 0.4) is 0 Å². The third-order valence-electron chi connectivity index (χ3n) is 3.28. The molecule has 0 bridgehead atoms. The van der Waals surface area contributed by atoms with Crippen LogP contribution < -0.4 is 20.9 Å². The first kappa shape index (κ1) is 19.9. The van der Waals surface area contributed by atoms with Crippen LogP contribution in [0.15, 0.2) is 53.0 Å². The van der Waals surface area contributed by atoms with Gasteiger partial charge in [-0.2, -0.15) is 0 Å². The molecule has 8 heteroatoms. The van der Waals surface area contributed by atoms with E-state index in [-0.39, 0.29) is 24.0 Å². The molecule has 0 spiro atoms. The number of hydrogen-bond acceptors (Lipinski definition) is 4. The number of rotatable bonds is 5. The van der Waals surface area contributed by atoms with Gasteiger partial charge in [-0.3, -0.25) is 20.4 Å². The van der Waals surface area contributed by atoms with Crippen LogP contribution in [0.25, 0.3) is 0 Å². The van der Waals surface area contributed by atoms with Crippen molar-refractivity contribution in [2.24, 2.45) is 0 Å². The van der Waals surface area contributed by atoms with Gasteiger partial charge < -0.3 is 10.1 Å². The summed E-state index contributed by atoms with van der Waals surface area (Å²) in [6.07, 6.45) is 0.197. The lowest BCUT2D eigenvalue weighted by Gasteiger charge is -2.12. The van der Waals surface area contributed by atoms with Gasteiger partial charge >= 0.3 is 0 Å². The third-order valence-corrected chi connectivity index (χ3v) is 4.37. The molecule has 0 saturated heterocycles. The molecule has 0 atom stereocenters. The molecule has 136 valence electrons. The first-order valence-corrected chi connectivity index (χ1v) is 8.95. The molecule has 0 saturated carbocycles. The maximum Gasteiger partial charge on any atom is 0.276 e. The van der Waals surface area contributed by atoms with Crippen molar-refractivity contribution < 1.29 is 14.3 Å². The summed E-state index contributed by atoms with van der Waals surface area (Å²) >= 11 is 8.37. The SMILES string of the molecule is Cc1cc(OCC(=O)NNC(=S)NC(=O)Cc2ccccc2)ccc1Br. The van der Waals surface area contributed by atoms with Gasteiger partial charge in [0.2, 0.25) is 5.91 Å². The number of carbonyl (C=O) groups excluding carboxylic acids is 2. The summed E-state index contributed by atoms with van der Waals surface area (Å²) in [7, 11) is 0. The zero-order valence-corrected chi connectivity index (χ0v) is 16.4. The molecule has 0 heterocycles. The standard InChI is InChI=1S/C18H18BrN3O3S/c1-12-9-14(7-8-15(12)19)25-11-17(24)21-22-18(26)20-16(23)10-13-5-3-2-4-6-13/h2-9H,10-11H2,1H3,(H,21,24)(H2,20,22,23,26). The Labute approximate surface area is 165 Å². The molecule has 0 aliphatic carbocycles. The maximum absolute atomic E-state index is 11.9. The average Bonchev–Trinajstić information content (AvgIpc) is 2.61. The van der Waals surface area contributed by atoms with E-state index >= 15 is 0 Å². The summed E-state index contributed by atoms with van der Waals surface area (Å²) in [5, 5.41) is 2.50. The molecule has 0 fully saturated rings. The predicted octanol–water partition coefficient (Wildman–Crippen LogP) is 2.40. The van der Waals surface area contributed by atoms with Crippen LogP contribution in [0.4, 0.5) is 0 Å². The molecule has 6 nitrogen and oxygen atoms in total. The van der Waals surface area contributed by atoms with Crippen LogP contribution in [0.5, 0.6) is 5.75 Å². The summed E-state index contributed by atoms with van der Waals surface area (Å²) < 4.78 is 6.36. The summed E-state index contributed by atoms with van der Waals surface area (Å²) in [5.41, 5.74) is 6.71. The maximum atomic E-state index is 11.9. The van der Waals surface area contributed by atoms with Gasteiger partial charge in [0.1, 0.15) is 5.75 Å². The summed E-state index contributed by atoms with van der Waals surface area (Å²) in [6.45, 7) is 1.74. The van der Waals surface area contributed by atoms with Gasteiger partial charge in [-0.1, -0.05) is 46.3 Å². The Morgan fingerprint density at radius 1 is 1.08 bits per heavy atom. The highest BCUT2D eigenvalue weighted by molar-refractivity contribution is 9.10. The highest BCUT2D eigenvalue weighted by Crippen LogP contribution is 2.21. The smallest absolute Gasteiger partial charge is 0.276 e. The predicted molar refractivity (Wildman–Crippen MR) is 107 cm³/mol. The lowest BCUT2D eigenvalue weighted by molar-refractivity contribution is -0.124. The van der Waals surface area contributed by atoms with Gasteiger partial charge in [-0.25, -0.2) is 0 Å². The van der Waals surface area contributed by atoms with Crippen molar-refractivity contribution in [3.63, 3.8) is 0 Å². The second-order valence-electron chi connectivity index (χ2n) is 5.41. The van der Waals surface area contributed by atoms with E-state index in [0.29, 0.717) is 5.75 Å². The number of amides is 2. The minimum absolute atomic E-state index is 0.0127. The molecule has 2 aromatic rings. The molecule has 0 aliphatic heterocycles. The Hall–Kier alpha value is -2.45. The van der Waals surface area contributed by atoms with E-state index < -0.39 is 5.91 Å². The Kier molecular flexibility index (Phi) is 7.55. The second-order valence-corrected chi connectivity index (χ2v) is 6.68. The molecule has 2 aromatic carbocycles. The molecule has 3 N–H and O–H groups in total. The Morgan fingerprint density at radius 3 is 2.50 bits per heavy atom. The van der Waals surface area contributed by atoms with Crippen molar-refractivity contribution in [1.82, 2.24) is 16.2 Å². The summed E-state index contributed by atoms with van der Waals surface area (Å²) in [6, 6.07) is 14.7. The highest BCUT2D eigenvalue weighted by atomic mass is 79.9. The number of benzene rings is 2. The van der Waals surface area contributed by atoms with Crippen LogP contribution in [-0.2, 0) is 16.0 Å². The van der Waals surface area contributed by atoms with Crippen LogP contribution in [-0.4, -0.2) is 23.5 Å². The number of nitrogens with one attached hydrogen (secondary N) is 3. The van der Waals surface area contributed by atoms with Crippen molar-refractivity contribution >= 4 is 45.1 Å². The average molecular weight is 436 g/mol. The van der Waals surface area contributed by atoms with Gasteiger partial charge in [0, 0.05) is 4.47 Å². The first-order chi connectivity index (χ1) is 12.4. The van der Waals surface area contributed by atoms with E-state index in [9.17, 15) is 9.59 Å². The van der Waals surface area contributed by atoms with Crippen LogP contribution >= 0.6 is 28.1 Å². The summed E-state index contributed by atoms with van der Waals surface area (Å²) in [4.78, 5) is 23.6. The van der Waals surface area contributed by atoms with E-state index in [1.165, 1.54) is 0 Å². The lowest BCUT2D eigenvalue weighted by atomic mass is 10.1. The van der Waals surface area contributed by atoms with Crippen molar-refractivity contribution in [2.75, 3.05) is 6.61 Å². The molecule has 26 heavy (non-hydrogen) atoms. The van der Waals surface area contributed by atoms with E-state index in [4.69, 9.17) is 17.0 Å². The zero-order chi connectivity index (χ0) is 18.9. The van der Waals surface area contributed by atoms with E-state index in [0.717, 1.165) is 15.6 Å². The third kappa shape index (κ3) is 6.81. The molecular weight excluding hydrogens is 418 g/mol. The fraction of sp³-hybridized carbons (Fsp3) is 0.167. The van der Waals surface area contributed by atoms with E-state index in [1.54, 1.807) is 6.07 Å². The molecular formula is C18H18BrN3O3S. The molecule has 0 radical (unpaired) electrons. The molecule has 0 aromatic heterocycles. The number of aryl methyl sites for hydroxylation is 1. The topological polar surface area (TPSA) is 79.5 Å². The fourth-order valence-electron chi connectivity index (χ4n) is 2.00. The van der Waals surface area contributed by atoms with Gasteiger partial charge in [0.15, 0.2) is 11.7 Å². The Morgan fingerprint density at radius 2 is 1.81 bits per heavy atom. The van der Waals surface area contributed by atoms with Crippen LogP contribution in [0.1, 0.15) is 11.1 Å². The van der Waals surface area contributed by atoms with Crippen molar-refractivity contribution in [1.29, 1.82) is 0 Å². The number of carbonyl (C=O) groups is 2. The van der Waals surface area contributed by atoms with Gasteiger partial charge in [0.05, 0.1) is 6.42 Å². The Bertz CT molecular complexity index is 800. The minimum Gasteiger partial charge on any atom is -0.484 e. The van der Waals surface area contributed by atoms with Crippen molar-refractivity contribution in [3.05, 3.63) is 64.1 Å². The van der Waals surface area contributed by atoms with Crippen LogP contribution in [0.2, 0.25) is 0 Å². The van der Waals surface area contributed by atoms with Gasteiger partial charge in [0.25, 0.3) is 5.91 Å². The molecule has 0 aliphatic rings. The molecule has 2 rings (SSSR count). The van der Waals surface area contributed by atoms with E-state index in [2.05, 4.69) is 32.1 Å². The Balaban J connectivity index is 1.68. The quantitative estimate of drug-likeness (QED) is 0.496. The fourth-order valence-corrected chi connectivity index (χ4v) is 2.41. The number of ether oxygens (including phenoxy) is 1. The minimum atomic E-state index is -0.426. The highest BCUT2D eigenvalue weighted by Gasteiger charge is 2.08. The zero-order valence-electron chi connectivity index (χ0n) is 14.0. The number of hydrazine groups is 1. The van der Waals surface area contributed by atoms with Crippen molar-refractivity contribution in [3.8, 4) is 5.75 Å². The number of halogens is 1. The number of hydrogen-bond donors (Lipinski definition) is 3. The summed E-state index contributed by atoms with van der Waals surface area (Å²) in [5.74, 6) is -0.116. The van der Waals surface area contributed by atoms with Crippen molar-refractivity contribution in [2.45, 2.75) is 13.3 Å². The molecule has 0 unspecified atom stereocenters. The van der Waals surface area contributed by atoms with Crippen LogP contribution in [0, 0.1) is 6.92 Å². The molecule has 2 amide bonds. The van der Waals surface area contributed by atoms with Gasteiger partial charge in [-0.05, 0) is 48.5 Å². The lowest BCUT2D eigenvalue weighted by Crippen LogP contribution is -2.49.